The van der Waals surface area contributed by atoms with Crippen molar-refractivity contribution < 1.29 is 9.59 Å². The largest absolute Gasteiger partial charge is 0.302 e. The third kappa shape index (κ3) is 4.90. The molecule has 0 aromatic heterocycles. The van der Waals surface area contributed by atoms with Crippen LogP contribution in [0.5, 0.6) is 0 Å². The topological polar surface area (TPSA) is 75.4 Å². The van der Waals surface area contributed by atoms with Crippen molar-refractivity contribution in [1.29, 1.82) is 0 Å². The summed E-state index contributed by atoms with van der Waals surface area (Å²) in [6.45, 7) is 2.73. The van der Waals surface area contributed by atoms with Gasteiger partial charge < -0.3 is 4.90 Å². The third-order valence-electron chi connectivity index (χ3n) is 2.70. The number of rotatable bonds is 5. The monoisotopic (exact) mass is 213 g/mol. The Morgan fingerprint density at radius 3 is 2.60 bits per heavy atom. The Labute approximate surface area is 90.0 Å². The third-order valence-corrected chi connectivity index (χ3v) is 2.70. The summed E-state index contributed by atoms with van der Waals surface area (Å²) in [7, 11) is 0. The number of Topliss-reactive ketones (excluding diaryl/α,β-unsaturated/α-hetero) is 1. The Kier molecular flexibility index (Phi) is 5.28. The maximum atomic E-state index is 11.0. The molecule has 0 aromatic carbocycles. The van der Waals surface area contributed by atoms with E-state index in [1.165, 1.54) is 0 Å². The average molecular weight is 213 g/mol. The van der Waals surface area contributed by atoms with Crippen LogP contribution in [0, 0.1) is 0 Å². The Morgan fingerprint density at radius 1 is 1.33 bits per heavy atom. The quantitative estimate of drug-likeness (QED) is 0.287. The summed E-state index contributed by atoms with van der Waals surface area (Å²) in [5.41, 5.74) is 2.11. The first-order valence-electron chi connectivity index (χ1n) is 5.46. The number of piperidine rings is 1. The van der Waals surface area contributed by atoms with E-state index in [0.717, 1.165) is 32.5 Å². The van der Waals surface area contributed by atoms with Crippen LogP contribution in [0.4, 0.5) is 0 Å². The van der Waals surface area contributed by atoms with Crippen molar-refractivity contribution in [3.8, 4) is 0 Å². The van der Waals surface area contributed by atoms with Crippen LogP contribution in [-0.2, 0) is 9.59 Å². The summed E-state index contributed by atoms with van der Waals surface area (Å²) in [6.07, 6.45) is 3.70. The Bertz CT molecular complexity index is 221. The molecule has 1 aliphatic rings. The number of nitrogens with two attached hydrogens (primary N) is 1. The number of unbranched alkanes of at least 4 members (excludes halogenated alkanes) is 1. The van der Waals surface area contributed by atoms with Crippen LogP contribution in [0.2, 0.25) is 0 Å². The van der Waals surface area contributed by atoms with Crippen molar-refractivity contribution in [2.45, 2.75) is 32.1 Å². The van der Waals surface area contributed by atoms with Gasteiger partial charge in [0.15, 0.2) is 0 Å². The highest BCUT2D eigenvalue weighted by molar-refractivity contribution is 5.79. The van der Waals surface area contributed by atoms with E-state index in [4.69, 9.17) is 5.84 Å². The molecule has 0 aliphatic carbocycles. The molecule has 0 bridgehead atoms. The Hall–Kier alpha value is -0.940. The minimum Gasteiger partial charge on any atom is -0.302 e. The molecule has 0 aromatic rings. The second kappa shape index (κ2) is 6.53. The van der Waals surface area contributed by atoms with Gasteiger partial charge in [0.05, 0.1) is 0 Å². The number of likely N-dealkylation sites (tertiary alicyclic amines) is 1. The van der Waals surface area contributed by atoms with Crippen molar-refractivity contribution in [3.05, 3.63) is 0 Å². The number of amides is 1. The molecule has 1 saturated heterocycles. The summed E-state index contributed by atoms with van der Waals surface area (Å²) in [5.74, 6) is 5.23. The molecular formula is C10H19N3O2. The molecule has 1 heterocycles. The fourth-order valence-corrected chi connectivity index (χ4v) is 1.72. The predicted octanol–water partition coefficient (Wildman–Crippen LogP) is -0.189. The molecule has 5 heteroatoms. The molecule has 0 unspecified atom stereocenters. The number of hydrogen-bond donors (Lipinski definition) is 2. The zero-order chi connectivity index (χ0) is 11.1. The SMILES string of the molecule is NNC(=O)CCCCN1CCC(=O)CC1. The first-order valence-corrected chi connectivity index (χ1v) is 5.46. The van der Waals surface area contributed by atoms with E-state index >= 15 is 0 Å². The molecule has 15 heavy (non-hydrogen) atoms. The molecule has 0 spiro atoms. The van der Waals surface area contributed by atoms with Gasteiger partial charge in [-0.3, -0.25) is 15.0 Å². The van der Waals surface area contributed by atoms with E-state index in [0.29, 0.717) is 25.0 Å². The number of carbonyl (C=O) groups is 2. The maximum Gasteiger partial charge on any atom is 0.233 e. The van der Waals surface area contributed by atoms with Gasteiger partial charge in [0.25, 0.3) is 0 Å². The minimum atomic E-state index is -0.108. The number of nitrogens with one attached hydrogen (secondary N) is 1. The summed E-state index contributed by atoms with van der Waals surface area (Å²) >= 11 is 0. The van der Waals surface area contributed by atoms with Crippen molar-refractivity contribution in [2.24, 2.45) is 5.84 Å². The molecule has 86 valence electrons. The fraction of sp³-hybridized carbons (Fsp3) is 0.800. The van der Waals surface area contributed by atoms with Crippen molar-refractivity contribution in [1.82, 2.24) is 10.3 Å². The summed E-state index contributed by atoms with van der Waals surface area (Å²) in [5, 5.41) is 0. The standard InChI is InChI=1S/C10H19N3O2/c11-12-10(15)3-1-2-6-13-7-4-9(14)5-8-13/h1-8,11H2,(H,12,15). The first-order chi connectivity index (χ1) is 7.22. The highest BCUT2D eigenvalue weighted by Gasteiger charge is 2.15. The molecule has 1 aliphatic heterocycles. The lowest BCUT2D eigenvalue weighted by atomic mass is 10.1. The van der Waals surface area contributed by atoms with E-state index in [2.05, 4.69) is 10.3 Å². The van der Waals surface area contributed by atoms with Crippen LogP contribution in [0.15, 0.2) is 0 Å². The number of nitrogens with zero attached hydrogens (tertiary/aromatic N) is 1. The van der Waals surface area contributed by atoms with E-state index in [1.807, 2.05) is 0 Å². The van der Waals surface area contributed by atoms with Crippen LogP contribution in [0.3, 0.4) is 0 Å². The van der Waals surface area contributed by atoms with Gasteiger partial charge >= 0.3 is 0 Å². The highest BCUT2D eigenvalue weighted by atomic mass is 16.2. The van der Waals surface area contributed by atoms with E-state index < -0.39 is 0 Å². The van der Waals surface area contributed by atoms with Crippen molar-refractivity contribution >= 4 is 11.7 Å². The fourth-order valence-electron chi connectivity index (χ4n) is 1.72. The molecule has 0 atom stereocenters. The van der Waals surface area contributed by atoms with Gasteiger partial charge in [0, 0.05) is 32.4 Å². The zero-order valence-electron chi connectivity index (χ0n) is 9.00. The second-order valence-electron chi connectivity index (χ2n) is 3.90. The Balaban J connectivity index is 2.00. The zero-order valence-corrected chi connectivity index (χ0v) is 9.00. The first kappa shape index (κ1) is 12.1. The number of ketones is 1. The molecule has 1 amide bonds. The van der Waals surface area contributed by atoms with Crippen molar-refractivity contribution in [3.63, 3.8) is 0 Å². The van der Waals surface area contributed by atoms with Crippen LogP contribution >= 0.6 is 0 Å². The van der Waals surface area contributed by atoms with Crippen LogP contribution in [0.1, 0.15) is 32.1 Å². The van der Waals surface area contributed by atoms with Crippen LogP contribution < -0.4 is 11.3 Å². The lowest BCUT2D eigenvalue weighted by molar-refractivity contribution is -0.121. The summed E-state index contributed by atoms with van der Waals surface area (Å²) in [6, 6.07) is 0. The van der Waals surface area contributed by atoms with Crippen molar-refractivity contribution in [2.75, 3.05) is 19.6 Å². The average Bonchev–Trinajstić information content (AvgIpc) is 2.26. The summed E-state index contributed by atoms with van der Waals surface area (Å²) in [4.78, 5) is 24.1. The highest BCUT2D eigenvalue weighted by Crippen LogP contribution is 2.07. The normalized spacial score (nSPS) is 17.8. The molecule has 0 radical (unpaired) electrons. The van der Waals surface area contributed by atoms with Gasteiger partial charge in [0.2, 0.25) is 5.91 Å². The van der Waals surface area contributed by atoms with E-state index in [-0.39, 0.29) is 5.91 Å². The van der Waals surface area contributed by atoms with Crippen LogP contribution in [0.25, 0.3) is 0 Å². The predicted molar refractivity (Wildman–Crippen MR) is 56.9 cm³/mol. The molecule has 5 nitrogen and oxygen atoms in total. The number of hydrogen-bond acceptors (Lipinski definition) is 4. The minimum absolute atomic E-state index is 0.108. The van der Waals surface area contributed by atoms with Gasteiger partial charge in [-0.1, -0.05) is 0 Å². The van der Waals surface area contributed by atoms with Gasteiger partial charge in [0.1, 0.15) is 5.78 Å². The van der Waals surface area contributed by atoms with E-state index in [9.17, 15) is 9.59 Å². The number of carbonyl (C=O) groups excluding carboxylic acids is 2. The smallest absolute Gasteiger partial charge is 0.233 e. The van der Waals surface area contributed by atoms with Crippen LogP contribution in [-0.4, -0.2) is 36.2 Å². The molecule has 1 rings (SSSR count). The molecule has 3 N–H and O–H groups in total. The molecular weight excluding hydrogens is 194 g/mol. The van der Waals surface area contributed by atoms with Gasteiger partial charge in [-0.2, -0.15) is 0 Å². The maximum absolute atomic E-state index is 11.0. The molecule has 1 fully saturated rings. The molecule has 0 saturated carbocycles. The lowest BCUT2D eigenvalue weighted by Crippen LogP contribution is -2.34. The van der Waals surface area contributed by atoms with Gasteiger partial charge in [-0.05, 0) is 19.4 Å². The number of hydrazine groups is 1. The summed E-state index contributed by atoms with van der Waals surface area (Å²) < 4.78 is 0. The second-order valence-corrected chi connectivity index (χ2v) is 3.90. The Morgan fingerprint density at radius 2 is 2.00 bits per heavy atom. The van der Waals surface area contributed by atoms with Gasteiger partial charge in [-0.25, -0.2) is 5.84 Å². The lowest BCUT2D eigenvalue weighted by Gasteiger charge is -2.25. The van der Waals surface area contributed by atoms with Gasteiger partial charge in [-0.15, -0.1) is 0 Å². The van der Waals surface area contributed by atoms with E-state index in [1.54, 1.807) is 0 Å².